The van der Waals surface area contributed by atoms with Gasteiger partial charge in [-0.15, -0.1) is 12.1 Å². The smallest absolute Gasteiger partial charge is 0.124 e. The van der Waals surface area contributed by atoms with Crippen molar-refractivity contribution in [3.63, 3.8) is 0 Å². The Kier molecular flexibility index (Phi) is 8.80. The zero-order chi connectivity index (χ0) is 34.3. The van der Waals surface area contributed by atoms with Gasteiger partial charge in [0.1, 0.15) is 5.75 Å². The van der Waals surface area contributed by atoms with Gasteiger partial charge in [0.15, 0.2) is 0 Å². The molecule has 6 heteroatoms. The molecule has 3 aromatic heterocycles. The van der Waals surface area contributed by atoms with Gasteiger partial charge in [-0.3, -0.25) is 14.4 Å². The Hall–Kier alpha value is -6.16. The summed E-state index contributed by atoms with van der Waals surface area (Å²) in [6.07, 6.45) is 1.79. The number of fused-ring (bicyclic) bond motifs is 3. The van der Waals surface area contributed by atoms with E-state index in [1.54, 1.807) is 30.5 Å². The number of phenolic OH excluding ortho intramolecular Hbond substituents is 1. The van der Waals surface area contributed by atoms with Gasteiger partial charge in [0.2, 0.25) is 0 Å². The Labute approximate surface area is 314 Å². The molecule has 0 atom stereocenters. The fourth-order valence-electron chi connectivity index (χ4n) is 6.94. The zero-order valence-corrected chi connectivity index (χ0v) is 29.9. The van der Waals surface area contributed by atoms with Crippen LogP contribution < -0.4 is 0 Å². The number of hydrogen-bond donors (Lipinski definition) is 1. The molecule has 3 heterocycles. The molecule has 0 saturated carbocycles. The van der Waals surface area contributed by atoms with Crippen LogP contribution in [-0.4, -0.2) is 19.6 Å². The van der Waals surface area contributed by atoms with E-state index in [2.05, 4.69) is 77.4 Å². The molecule has 0 fully saturated rings. The van der Waals surface area contributed by atoms with Crippen LogP contribution in [0.5, 0.6) is 5.75 Å². The van der Waals surface area contributed by atoms with Gasteiger partial charge >= 0.3 is 0 Å². The maximum absolute atomic E-state index is 15.8. The van der Waals surface area contributed by atoms with E-state index in [1.807, 2.05) is 66.7 Å². The maximum atomic E-state index is 15.8. The Bertz CT molecular complexity index is 2730. The molecule has 6 aromatic carbocycles. The fraction of sp³-hybridized carbons (Fsp3) is 0. The van der Waals surface area contributed by atoms with E-state index in [1.165, 1.54) is 11.5 Å². The number of aromatic hydroxyl groups is 1. The van der Waals surface area contributed by atoms with Crippen molar-refractivity contribution < 1.29 is 30.6 Å². The molecule has 9 rings (SSSR count). The SMILES string of the molecule is Oc1ccccc1-c1cc(-c2ccccc2)cc(-c2[c-]c(-c3cc(-c4cccc5c6ccccc6n(-c6ccccc6)c45)ccn3)ccc2F)n1.[Pt]. The van der Waals surface area contributed by atoms with Crippen LogP contribution in [-0.2, 0) is 21.1 Å². The predicted octanol–water partition coefficient (Wildman–Crippen LogP) is 11.6. The second-order valence-corrected chi connectivity index (χ2v) is 12.4. The first kappa shape index (κ1) is 33.0. The van der Waals surface area contributed by atoms with Gasteiger partial charge < -0.3 is 9.67 Å². The number of hydrogen-bond acceptors (Lipinski definition) is 3. The quantitative estimate of drug-likeness (QED) is 0.170. The first-order chi connectivity index (χ1) is 25.1. The van der Waals surface area contributed by atoms with Gasteiger partial charge in [0.05, 0.1) is 22.5 Å². The minimum absolute atomic E-state index is 0. The molecular formula is C46H29FN3OPt-. The van der Waals surface area contributed by atoms with Crippen LogP contribution in [0.4, 0.5) is 4.39 Å². The monoisotopic (exact) mass is 853 g/mol. The third-order valence-corrected chi connectivity index (χ3v) is 9.32. The van der Waals surface area contributed by atoms with Crippen LogP contribution in [0.25, 0.3) is 83.5 Å². The Morgan fingerprint density at radius 1 is 0.558 bits per heavy atom. The Balaban J connectivity index is 0.00000387. The first-order valence-electron chi connectivity index (χ1n) is 16.7. The topological polar surface area (TPSA) is 50.9 Å². The number of para-hydroxylation sites is 4. The standard InChI is InChI=1S/C46H29FN3O.Pt/c47-40-23-22-32(26-39(40)43-29-33(30-12-3-1-4-13-30)28-42(49-43)38-17-8-10-21-45(38)51)41-27-31(24-25-48-41)35-18-11-19-37-36-16-7-9-20-44(36)50(46(35)37)34-14-5-2-6-15-34;/h1-25,27-29,51H;/q-1;. The largest absolute Gasteiger partial charge is 0.507 e. The molecule has 0 aliphatic heterocycles. The molecule has 0 saturated heterocycles. The first-order valence-corrected chi connectivity index (χ1v) is 16.7. The van der Waals surface area contributed by atoms with Crippen LogP contribution in [0.1, 0.15) is 0 Å². The van der Waals surface area contributed by atoms with Crippen LogP contribution in [0, 0.1) is 11.9 Å². The van der Waals surface area contributed by atoms with Crippen LogP contribution >= 0.6 is 0 Å². The second-order valence-electron chi connectivity index (χ2n) is 12.4. The average Bonchev–Trinajstić information content (AvgIpc) is 3.53. The number of halogens is 1. The van der Waals surface area contributed by atoms with Gasteiger partial charge in [-0.05, 0) is 59.2 Å². The van der Waals surface area contributed by atoms with Crippen molar-refractivity contribution in [3.05, 3.63) is 182 Å². The van der Waals surface area contributed by atoms with Gasteiger partial charge in [-0.1, -0.05) is 126 Å². The van der Waals surface area contributed by atoms with Crippen molar-refractivity contribution in [1.29, 1.82) is 0 Å². The molecule has 9 aromatic rings. The third kappa shape index (κ3) is 5.89. The van der Waals surface area contributed by atoms with Crippen molar-refractivity contribution in [2.24, 2.45) is 0 Å². The summed E-state index contributed by atoms with van der Waals surface area (Å²) >= 11 is 0. The average molecular weight is 854 g/mol. The number of phenols is 1. The van der Waals surface area contributed by atoms with Gasteiger partial charge in [0.25, 0.3) is 0 Å². The molecule has 252 valence electrons. The van der Waals surface area contributed by atoms with E-state index >= 15 is 4.39 Å². The van der Waals surface area contributed by atoms with Crippen molar-refractivity contribution >= 4 is 21.8 Å². The zero-order valence-electron chi connectivity index (χ0n) is 27.6. The molecule has 0 unspecified atom stereocenters. The van der Waals surface area contributed by atoms with Crippen LogP contribution in [0.2, 0.25) is 0 Å². The summed E-state index contributed by atoms with van der Waals surface area (Å²) < 4.78 is 18.1. The minimum Gasteiger partial charge on any atom is -0.507 e. The van der Waals surface area contributed by atoms with E-state index in [9.17, 15) is 5.11 Å². The number of pyridine rings is 2. The van der Waals surface area contributed by atoms with E-state index in [4.69, 9.17) is 9.97 Å². The van der Waals surface area contributed by atoms with Crippen LogP contribution in [0.3, 0.4) is 0 Å². The molecule has 0 radical (unpaired) electrons. The summed E-state index contributed by atoms with van der Waals surface area (Å²) in [5.41, 5.74) is 10.2. The molecule has 4 nitrogen and oxygen atoms in total. The summed E-state index contributed by atoms with van der Waals surface area (Å²) in [6.45, 7) is 0. The van der Waals surface area contributed by atoms with Crippen molar-refractivity contribution in [3.8, 4) is 67.5 Å². The summed E-state index contributed by atoms with van der Waals surface area (Å²) in [5.74, 6) is -0.352. The molecule has 0 spiro atoms. The van der Waals surface area contributed by atoms with Gasteiger partial charge in [-0.2, -0.15) is 0 Å². The van der Waals surface area contributed by atoms with E-state index in [-0.39, 0.29) is 32.4 Å². The molecular weight excluding hydrogens is 825 g/mol. The van der Waals surface area contributed by atoms with Crippen LogP contribution in [0.15, 0.2) is 170 Å². The fourth-order valence-corrected chi connectivity index (χ4v) is 6.94. The minimum atomic E-state index is -0.451. The summed E-state index contributed by atoms with van der Waals surface area (Å²) in [5, 5.41) is 13.0. The van der Waals surface area contributed by atoms with E-state index in [0.29, 0.717) is 28.2 Å². The van der Waals surface area contributed by atoms with Gasteiger partial charge in [-0.25, -0.2) is 0 Å². The molecule has 1 N–H and O–H groups in total. The van der Waals surface area contributed by atoms with Crippen molar-refractivity contribution in [2.45, 2.75) is 0 Å². The molecule has 0 aliphatic rings. The second kappa shape index (κ2) is 13.9. The summed E-state index contributed by atoms with van der Waals surface area (Å²) in [7, 11) is 0. The number of aromatic nitrogens is 3. The van der Waals surface area contributed by atoms with E-state index in [0.717, 1.165) is 44.4 Å². The summed E-state index contributed by atoms with van der Waals surface area (Å²) in [4.78, 5) is 9.59. The van der Waals surface area contributed by atoms with Gasteiger partial charge in [0, 0.05) is 66.2 Å². The number of rotatable bonds is 6. The molecule has 0 aliphatic carbocycles. The Morgan fingerprint density at radius 3 is 2.06 bits per heavy atom. The van der Waals surface area contributed by atoms with Crippen molar-refractivity contribution in [2.75, 3.05) is 0 Å². The molecule has 52 heavy (non-hydrogen) atoms. The Morgan fingerprint density at radius 2 is 1.23 bits per heavy atom. The number of nitrogens with zero attached hydrogens (tertiary/aromatic N) is 3. The third-order valence-electron chi connectivity index (χ3n) is 9.32. The maximum Gasteiger partial charge on any atom is 0.124 e. The normalized spacial score (nSPS) is 11.1. The van der Waals surface area contributed by atoms with E-state index < -0.39 is 5.82 Å². The number of benzene rings is 6. The molecule has 0 bridgehead atoms. The molecule has 0 amide bonds. The van der Waals surface area contributed by atoms with Crippen molar-refractivity contribution in [1.82, 2.24) is 14.5 Å². The predicted molar refractivity (Wildman–Crippen MR) is 204 cm³/mol. The summed E-state index contributed by atoms with van der Waals surface area (Å²) in [6, 6.07) is 56.5.